The van der Waals surface area contributed by atoms with E-state index in [4.69, 9.17) is 21.4 Å². The van der Waals surface area contributed by atoms with Crippen LogP contribution in [0.2, 0.25) is 5.02 Å². The topological polar surface area (TPSA) is 75.5 Å². The number of carbonyl (C=O) groups is 1. The van der Waals surface area contributed by atoms with Gasteiger partial charge in [-0.3, -0.25) is 4.79 Å². The average molecular weight is 326 g/mol. The van der Waals surface area contributed by atoms with Gasteiger partial charge in [0.25, 0.3) is 0 Å². The van der Waals surface area contributed by atoms with E-state index in [0.29, 0.717) is 0 Å². The van der Waals surface area contributed by atoms with Crippen molar-refractivity contribution in [2.24, 2.45) is 5.41 Å². The molecular formula is C11H11ClF3N3O3. The van der Waals surface area contributed by atoms with E-state index >= 15 is 0 Å². The highest BCUT2D eigenvalue weighted by atomic mass is 35.5. The molecule has 0 aliphatic carbocycles. The molecule has 0 saturated carbocycles. The molecule has 1 N–H and O–H groups in total. The van der Waals surface area contributed by atoms with E-state index in [1.165, 1.54) is 18.2 Å². The van der Waals surface area contributed by atoms with Gasteiger partial charge in [0.2, 0.25) is 0 Å². The normalized spacial score (nSPS) is 22.4. The molecule has 6 nitrogen and oxygen atoms in total. The molecule has 1 aromatic rings. The summed E-state index contributed by atoms with van der Waals surface area (Å²) in [5.41, 5.74) is -2.82. The van der Waals surface area contributed by atoms with E-state index in [9.17, 15) is 18.0 Å². The summed E-state index contributed by atoms with van der Waals surface area (Å²) in [6.07, 6.45) is -4.25. The second-order valence-electron chi connectivity index (χ2n) is 4.58. The van der Waals surface area contributed by atoms with Crippen molar-refractivity contribution in [2.45, 2.75) is 12.6 Å². The fourth-order valence-electron chi connectivity index (χ4n) is 2.18. The molecule has 21 heavy (non-hydrogen) atoms. The number of hydrogen-bond donors (Lipinski definition) is 1. The number of anilines is 1. The number of carboxylic acid groups (broad SMARTS) is 1. The number of alkyl halides is 3. The zero-order valence-electron chi connectivity index (χ0n) is 10.8. The quantitative estimate of drug-likeness (QED) is 0.916. The summed E-state index contributed by atoms with van der Waals surface area (Å²) in [4.78, 5) is 19.9. The van der Waals surface area contributed by atoms with Gasteiger partial charge in [0.1, 0.15) is 5.02 Å². The molecular weight excluding hydrogens is 315 g/mol. The Balaban J connectivity index is 2.36. The minimum atomic E-state index is -4.86. The van der Waals surface area contributed by atoms with Crippen LogP contribution in [0.5, 0.6) is 6.01 Å². The maximum absolute atomic E-state index is 13.1. The van der Waals surface area contributed by atoms with Crippen molar-refractivity contribution in [3.8, 4) is 6.01 Å². The standard InChI is InChI=1S/C11H11ClF3N3O3/c1-21-9-16-4-6(12)7(17-9)18-3-2-10(5-18,8(19)20)11(13,14)15/h4H,2-3,5H2,1H3,(H,19,20). The summed E-state index contributed by atoms with van der Waals surface area (Å²) >= 11 is 5.87. The Labute approximate surface area is 122 Å². The first kappa shape index (κ1) is 15.6. The van der Waals surface area contributed by atoms with Gasteiger partial charge in [0, 0.05) is 13.1 Å². The maximum Gasteiger partial charge on any atom is 0.406 e. The highest BCUT2D eigenvalue weighted by Crippen LogP contribution is 2.47. The number of aliphatic carboxylic acids is 1. The lowest BCUT2D eigenvalue weighted by Gasteiger charge is -2.27. The van der Waals surface area contributed by atoms with E-state index in [-0.39, 0.29) is 23.4 Å². The summed E-state index contributed by atoms with van der Waals surface area (Å²) in [6, 6.07) is -0.0609. The van der Waals surface area contributed by atoms with Crippen LogP contribution in [0.15, 0.2) is 6.20 Å². The lowest BCUT2D eigenvalue weighted by Crippen LogP contribution is -2.47. The first-order valence-electron chi connectivity index (χ1n) is 5.83. The average Bonchev–Trinajstić information content (AvgIpc) is 2.85. The summed E-state index contributed by atoms with van der Waals surface area (Å²) < 4.78 is 44.1. The predicted molar refractivity (Wildman–Crippen MR) is 66.5 cm³/mol. The molecule has 10 heteroatoms. The van der Waals surface area contributed by atoms with E-state index < -0.39 is 30.5 Å². The number of carboxylic acids is 1. The van der Waals surface area contributed by atoms with Crippen molar-refractivity contribution in [1.82, 2.24) is 9.97 Å². The Morgan fingerprint density at radius 1 is 1.57 bits per heavy atom. The lowest BCUT2D eigenvalue weighted by molar-refractivity contribution is -0.225. The zero-order valence-corrected chi connectivity index (χ0v) is 11.6. The first-order chi connectivity index (χ1) is 9.71. The van der Waals surface area contributed by atoms with Gasteiger partial charge in [-0.2, -0.15) is 18.2 Å². The van der Waals surface area contributed by atoms with Crippen LogP contribution >= 0.6 is 11.6 Å². The third kappa shape index (κ3) is 2.57. The van der Waals surface area contributed by atoms with Crippen LogP contribution in [-0.4, -0.2) is 47.4 Å². The van der Waals surface area contributed by atoms with Gasteiger partial charge in [-0.15, -0.1) is 0 Å². The van der Waals surface area contributed by atoms with Gasteiger partial charge < -0.3 is 14.7 Å². The van der Waals surface area contributed by atoms with Crippen molar-refractivity contribution in [3.05, 3.63) is 11.2 Å². The number of methoxy groups -OCH3 is 1. The fraction of sp³-hybridized carbons (Fsp3) is 0.545. The van der Waals surface area contributed by atoms with E-state index in [1.807, 2.05) is 0 Å². The molecule has 116 valence electrons. The van der Waals surface area contributed by atoms with E-state index in [2.05, 4.69) is 9.97 Å². The van der Waals surface area contributed by atoms with Crippen LogP contribution in [0.3, 0.4) is 0 Å². The van der Waals surface area contributed by atoms with Crippen LogP contribution in [0.4, 0.5) is 19.0 Å². The highest BCUT2D eigenvalue weighted by molar-refractivity contribution is 6.32. The predicted octanol–water partition coefficient (Wildman–Crippen LogP) is 1.98. The summed E-state index contributed by atoms with van der Waals surface area (Å²) in [5, 5.41) is 9.02. The van der Waals surface area contributed by atoms with Crippen LogP contribution in [-0.2, 0) is 4.79 Å². The van der Waals surface area contributed by atoms with E-state index in [1.54, 1.807) is 0 Å². The number of hydrogen-bond acceptors (Lipinski definition) is 5. The van der Waals surface area contributed by atoms with Crippen LogP contribution in [0.25, 0.3) is 0 Å². The second kappa shape index (κ2) is 5.21. The SMILES string of the molecule is COc1ncc(Cl)c(N2CCC(C(=O)O)(C(F)(F)F)C2)n1. The van der Waals surface area contributed by atoms with Gasteiger partial charge in [0.05, 0.1) is 13.3 Å². The highest BCUT2D eigenvalue weighted by Gasteiger charge is 2.64. The van der Waals surface area contributed by atoms with Gasteiger partial charge in [-0.1, -0.05) is 11.6 Å². The van der Waals surface area contributed by atoms with Gasteiger partial charge in [-0.25, -0.2) is 4.98 Å². The molecule has 1 fully saturated rings. The molecule has 0 amide bonds. The zero-order chi connectivity index (χ0) is 15.8. The number of aromatic nitrogens is 2. The Bertz CT molecular complexity index is 569. The molecule has 0 spiro atoms. The van der Waals surface area contributed by atoms with Crippen molar-refractivity contribution >= 4 is 23.4 Å². The molecule has 0 bridgehead atoms. The van der Waals surface area contributed by atoms with Gasteiger partial charge >= 0.3 is 18.2 Å². The molecule has 1 atom stereocenters. The molecule has 0 radical (unpaired) electrons. The summed E-state index contributed by atoms with van der Waals surface area (Å²) in [6.45, 7) is -0.891. The van der Waals surface area contributed by atoms with Crippen LogP contribution in [0.1, 0.15) is 6.42 Å². The summed E-state index contributed by atoms with van der Waals surface area (Å²) in [5.74, 6) is -1.88. The molecule has 1 unspecified atom stereocenters. The Morgan fingerprint density at radius 3 is 2.71 bits per heavy atom. The van der Waals surface area contributed by atoms with Crippen molar-refractivity contribution in [1.29, 1.82) is 0 Å². The molecule has 1 aliphatic heterocycles. The number of halogens is 4. The molecule has 2 heterocycles. The van der Waals surface area contributed by atoms with Crippen molar-refractivity contribution in [3.63, 3.8) is 0 Å². The molecule has 0 aromatic carbocycles. The molecule has 1 aliphatic rings. The van der Waals surface area contributed by atoms with Crippen LogP contribution in [0, 0.1) is 5.41 Å². The molecule has 1 saturated heterocycles. The molecule has 1 aromatic heterocycles. The third-order valence-electron chi connectivity index (χ3n) is 3.41. The lowest BCUT2D eigenvalue weighted by atomic mass is 9.86. The third-order valence-corrected chi connectivity index (χ3v) is 3.67. The Kier molecular flexibility index (Phi) is 3.87. The van der Waals surface area contributed by atoms with Crippen LogP contribution < -0.4 is 9.64 Å². The number of rotatable bonds is 3. The monoisotopic (exact) mass is 325 g/mol. The number of nitrogens with zero attached hydrogens (tertiary/aromatic N) is 3. The second-order valence-corrected chi connectivity index (χ2v) is 4.99. The maximum atomic E-state index is 13.1. The largest absolute Gasteiger partial charge is 0.481 e. The van der Waals surface area contributed by atoms with Gasteiger partial charge in [0.15, 0.2) is 11.2 Å². The summed E-state index contributed by atoms with van der Waals surface area (Å²) in [7, 11) is 1.30. The molecule has 2 rings (SSSR count). The van der Waals surface area contributed by atoms with Crippen molar-refractivity contribution in [2.75, 3.05) is 25.1 Å². The first-order valence-corrected chi connectivity index (χ1v) is 6.20. The smallest absolute Gasteiger partial charge is 0.406 e. The fourth-order valence-corrected chi connectivity index (χ4v) is 2.39. The van der Waals surface area contributed by atoms with E-state index in [0.717, 1.165) is 0 Å². The minimum Gasteiger partial charge on any atom is -0.481 e. The Hall–Kier alpha value is -1.77. The Morgan fingerprint density at radius 2 is 2.24 bits per heavy atom. The number of ether oxygens (including phenoxy) is 1. The van der Waals surface area contributed by atoms with Crippen molar-refractivity contribution < 1.29 is 27.8 Å². The minimum absolute atomic E-state index is 0.0240. The van der Waals surface area contributed by atoms with Gasteiger partial charge in [-0.05, 0) is 6.42 Å².